The minimum atomic E-state index is 0.655. The van der Waals surface area contributed by atoms with Crippen LogP contribution in [0.2, 0.25) is 0 Å². The summed E-state index contributed by atoms with van der Waals surface area (Å²) in [5.74, 6) is 2.52. The van der Waals surface area contributed by atoms with Crippen LogP contribution in [-0.2, 0) is 6.54 Å². The third-order valence-electron chi connectivity index (χ3n) is 3.61. The third-order valence-corrected chi connectivity index (χ3v) is 3.61. The first-order chi connectivity index (χ1) is 9.76. The monoisotopic (exact) mass is 269 g/mol. The van der Waals surface area contributed by atoms with E-state index in [9.17, 15) is 0 Å². The molecule has 104 valence electrons. The molecule has 0 N–H and O–H groups in total. The molecular weight excluding hydrogens is 250 g/mol. The van der Waals surface area contributed by atoms with E-state index in [1.807, 2.05) is 12.1 Å². The van der Waals surface area contributed by atoms with Gasteiger partial charge in [0.1, 0.15) is 17.9 Å². The zero-order valence-electron chi connectivity index (χ0n) is 11.9. The van der Waals surface area contributed by atoms with E-state index < -0.39 is 0 Å². The number of anilines is 1. The maximum absolute atomic E-state index is 5.26. The van der Waals surface area contributed by atoms with E-state index >= 15 is 0 Å². The summed E-state index contributed by atoms with van der Waals surface area (Å²) in [6.07, 6.45) is 4.19. The van der Waals surface area contributed by atoms with Gasteiger partial charge in [0, 0.05) is 31.3 Å². The Bertz CT molecular complexity index is 596. The first-order valence-corrected chi connectivity index (χ1v) is 6.92. The van der Waals surface area contributed by atoms with Crippen molar-refractivity contribution in [1.82, 2.24) is 9.97 Å². The van der Waals surface area contributed by atoms with Crippen molar-refractivity contribution in [3.63, 3.8) is 0 Å². The maximum atomic E-state index is 5.26. The van der Waals surface area contributed by atoms with E-state index in [0.717, 1.165) is 18.1 Å². The summed E-state index contributed by atoms with van der Waals surface area (Å²) in [6.45, 7) is 0.804. The van der Waals surface area contributed by atoms with Gasteiger partial charge < -0.3 is 9.64 Å². The predicted molar refractivity (Wildman–Crippen MR) is 79.1 cm³/mol. The molecule has 1 saturated carbocycles. The molecule has 0 aliphatic heterocycles. The van der Waals surface area contributed by atoms with Crippen molar-refractivity contribution in [1.29, 1.82) is 0 Å². The molecule has 4 nitrogen and oxygen atoms in total. The van der Waals surface area contributed by atoms with Crippen molar-refractivity contribution in [2.24, 2.45) is 0 Å². The highest BCUT2D eigenvalue weighted by Gasteiger charge is 2.25. The van der Waals surface area contributed by atoms with Gasteiger partial charge in [0.05, 0.1) is 7.11 Å². The second-order valence-corrected chi connectivity index (χ2v) is 5.28. The van der Waals surface area contributed by atoms with E-state index in [2.05, 4.69) is 40.1 Å². The van der Waals surface area contributed by atoms with Crippen molar-refractivity contribution in [2.75, 3.05) is 19.1 Å². The van der Waals surface area contributed by atoms with Gasteiger partial charge in [-0.1, -0.05) is 12.1 Å². The highest BCUT2D eigenvalue weighted by atomic mass is 16.5. The van der Waals surface area contributed by atoms with Crippen molar-refractivity contribution in [3.8, 4) is 5.75 Å². The molecule has 0 atom stereocenters. The van der Waals surface area contributed by atoms with Gasteiger partial charge in [-0.15, -0.1) is 0 Å². The second kappa shape index (κ2) is 5.49. The number of ether oxygens (including phenoxy) is 1. The van der Waals surface area contributed by atoms with E-state index in [4.69, 9.17) is 4.74 Å². The zero-order chi connectivity index (χ0) is 13.9. The first-order valence-electron chi connectivity index (χ1n) is 6.92. The second-order valence-electron chi connectivity index (χ2n) is 5.28. The fourth-order valence-corrected chi connectivity index (χ4v) is 2.30. The molecule has 1 aliphatic rings. The average Bonchev–Trinajstić information content (AvgIpc) is 3.32. The molecule has 3 rings (SSSR count). The summed E-state index contributed by atoms with van der Waals surface area (Å²) in [6, 6.07) is 10.2. The van der Waals surface area contributed by atoms with E-state index in [0.29, 0.717) is 5.92 Å². The molecule has 20 heavy (non-hydrogen) atoms. The molecule has 0 spiro atoms. The Morgan fingerprint density at radius 2 is 2.10 bits per heavy atom. The van der Waals surface area contributed by atoms with E-state index in [1.54, 1.807) is 13.4 Å². The van der Waals surface area contributed by atoms with Crippen LogP contribution in [0.4, 0.5) is 5.82 Å². The molecule has 1 aromatic carbocycles. The molecule has 0 radical (unpaired) electrons. The van der Waals surface area contributed by atoms with Gasteiger partial charge >= 0.3 is 0 Å². The molecule has 0 unspecified atom stereocenters. The molecule has 1 heterocycles. The smallest absolute Gasteiger partial charge is 0.132 e. The normalized spacial score (nSPS) is 14.1. The number of hydrogen-bond acceptors (Lipinski definition) is 4. The summed E-state index contributed by atoms with van der Waals surface area (Å²) in [5, 5.41) is 0. The number of rotatable bonds is 5. The molecule has 1 aliphatic carbocycles. The predicted octanol–water partition coefficient (Wildman–Crippen LogP) is 3.00. The van der Waals surface area contributed by atoms with Crippen LogP contribution >= 0.6 is 0 Å². The molecule has 0 bridgehead atoms. The number of nitrogens with zero attached hydrogens (tertiary/aromatic N) is 3. The lowest BCUT2D eigenvalue weighted by Crippen LogP contribution is -2.18. The van der Waals surface area contributed by atoms with Crippen LogP contribution < -0.4 is 9.64 Å². The molecule has 1 aromatic heterocycles. The van der Waals surface area contributed by atoms with Crippen molar-refractivity contribution in [3.05, 3.63) is 47.9 Å². The van der Waals surface area contributed by atoms with Gasteiger partial charge in [0.25, 0.3) is 0 Å². The number of hydrogen-bond donors (Lipinski definition) is 0. The van der Waals surface area contributed by atoms with Gasteiger partial charge in [-0.2, -0.15) is 0 Å². The zero-order valence-corrected chi connectivity index (χ0v) is 11.9. The highest BCUT2D eigenvalue weighted by Crippen LogP contribution is 2.39. The van der Waals surface area contributed by atoms with Crippen molar-refractivity contribution in [2.45, 2.75) is 25.3 Å². The highest BCUT2D eigenvalue weighted by molar-refractivity contribution is 5.41. The number of aromatic nitrogens is 2. The lowest BCUT2D eigenvalue weighted by molar-refractivity contribution is 0.414. The van der Waals surface area contributed by atoms with Crippen LogP contribution in [0, 0.1) is 0 Å². The minimum Gasteiger partial charge on any atom is -0.497 e. The Morgan fingerprint density at radius 1 is 1.25 bits per heavy atom. The van der Waals surface area contributed by atoms with E-state index in [-0.39, 0.29) is 0 Å². The van der Waals surface area contributed by atoms with Crippen molar-refractivity contribution < 1.29 is 4.74 Å². The summed E-state index contributed by atoms with van der Waals surface area (Å²) in [5.41, 5.74) is 2.38. The van der Waals surface area contributed by atoms with Crippen molar-refractivity contribution >= 4 is 5.82 Å². The Hall–Kier alpha value is -2.10. The largest absolute Gasteiger partial charge is 0.497 e. The topological polar surface area (TPSA) is 38.2 Å². The summed E-state index contributed by atoms with van der Waals surface area (Å²) >= 11 is 0. The average molecular weight is 269 g/mol. The van der Waals surface area contributed by atoms with Crippen LogP contribution in [-0.4, -0.2) is 24.1 Å². The van der Waals surface area contributed by atoms with Crippen LogP contribution in [0.3, 0.4) is 0 Å². The van der Waals surface area contributed by atoms with Crippen LogP contribution in [0.5, 0.6) is 5.75 Å². The number of benzene rings is 1. The first kappa shape index (κ1) is 12.9. The van der Waals surface area contributed by atoms with E-state index in [1.165, 1.54) is 24.1 Å². The molecule has 4 heteroatoms. The van der Waals surface area contributed by atoms with Gasteiger partial charge in [-0.25, -0.2) is 9.97 Å². The quantitative estimate of drug-likeness (QED) is 0.836. The number of methoxy groups -OCH3 is 1. The Kier molecular flexibility index (Phi) is 3.54. The Balaban J connectivity index is 1.74. The maximum Gasteiger partial charge on any atom is 0.132 e. The summed E-state index contributed by atoms with van der Waals surface area (Å²) < 4.78 is 5.26. The van der Waals surface area contributed by atoms with Gasteiger partial charge in [-0.3, -0.25) is 0 Å². The molecule has 0 saturated heterocycles. The van der Waals surface area contributed by atoms with Gasteiger partial charge in [-0.05, 0) is 30.5 Å². The Morgan fingerprint density at radius 3 is 2.85 bits per heavy atom. The summed E-state index contributed by atoms with van der Waals surface area (Å²) in [7, 11) is 3.74. The minimum absolute atomic E-state index is 0.655. The van der Waals surface area contributed by atoms with Gasteiger partial charge in [0.15, 0.2) is 0 Å². The summed E-state index contributed by atoms with van der Waals surface area (Å²) in [4.78, 5) is 10.9. The van der Waals surface area contributed by atoms with Crippen LogP contribution in [0.15, 0.2) is 36.7 Å². The van der Waals surface area contributed by atoms with Crippen LogP contribution in [0.25, 0.3) is 0 Å². The molecule has 2 aromatic rings. The third kappa shape index (κ3) is 2.90. The van der Waals surface area contributed by atoms with Gasteiger partial charge in [0.2, 0.25) is 0 Å². The fourth-order valence-electron chi connectivity index (χ4n) is 2.30. The Labute approximate surface area is 119 Å². The fraction of sp³-hybridized carbons (Fsp3) is 0.375. The molecular formula is C16H19N3O. The molecule has 0 amide bonds. The molecule has 1 fully saturated rings. The SMILES string of the molecule is COc1cccc(CN(C)c2cc(C3CC3)ncn2)c1. The lowest BCUT2D eigenvalue weighted by atomic mass is 10.2. The van der Waals surface area contributed by atoms with Crippen LogP contribution in [0.1, 0.15) is 30.0 Å². The standard InChI is InChI=1S/C16H19N3O/c1-19(10-12-4-3-5-14(8-12)20-2)16-9-15(13-6-7-13)17-11-18-16/h3-5,8-9,11,13H,6-7,10H2,1-2H3. The lowest BCUT2D eigenvalue weighted by Gasteiger charge is -2.19.